The summed E-state index contributed by atoms with van der Waals surface area (Å²) in [5.41, 5.74) is 0.580. The third kappa shape index (κ3) is 2.98. The van der Waals surface area contributed by atoms with Crippen molar-refractivity contribution in [1.29, 1.82) is 0 Å². The average molecular weight is 250 g/mol. The molecule has 1 N–H and O–H groups in total. The minimum Gasteiger partial charge on any atom is -0.383 e. The van der Waals surface area contributed by atoms with Gasteiger partial charge in [0, 0.05) is 31.8 Å². The largest absolute Gasteiger partial charge is 0.383 e. The number of aromatic nitrogens is 1. The minimum absolute atomic E-state index is 0.0539. The molecule has 1 aromatic rings. The van der Waals surface area contributed by atoms with Crippen molar-refractivity contribution in [3.63, 3.8) is 0 Å². The number of hydrogen-bond acceptors (Lipinski definition) is 3. The quantitative estimate of drug-likeness (QED) is 0.855. The molecule has 0 bridgehead atoms. The van der Waals surface area contributed by atoms with E-state index in [1.807, 2.05) is 0 Å². The van der Waals surface area contributed by atoms with Crippen molar-refractivity contribution in [3.8, 4) is 0 Å². The normalized spacial score (nSPS) is 15.2. The minimum atomic E-state index is -0.0892. The summed E-state index contributed by atoms with van der Waals surface area (Å²) >= 11 is 0. The summed E-state index contributed by atoms with van der Waals surface area (Å²) in [4.78, 5) is 23.3. The number of pyridine rings is 1. The predicted octanol–water partition coefficient (Wildman–Crippen LogP) is 1.23. The standard InChI is InChI=1S/C13H18N2O3/c1-18-8-7-15-9-11(5-6-12(15)16)14-13(17)10-3-2-4-10/h5-6,9-10H,2-4,7-8H2,1H3,(H,14,17). The first-order chi connectivity index (χ1) is 8.70. The van der Waals surface area contributed by atoms with Gasteiger partial charge in [0.1, 0.15) is 0 Å². The molecule has 1 fully saturated rings. The van der Waals surface area contributed by atoms with Gasteiger partial charge in [0.25, 0.3) is 5.56 Å². The van der Waals surface area contributed by atoms with E-state index in [9.17, 15) is 9.59 Å². The van der Waals surface area contributed by atoms with Crippen LogP contribution in [0.1, 0.15) is 19.3 Å². The average Bonchev–Trinajstić information content (AvgIpc) is 2.27. The zero-order valence-corrected chi connectivity index (χ0v) is 10.5. The van der Waals surface area contributed by atoms with Gasteiger partial charge in [0.2, 0.25) is 5.91 Å². The molecule has 0 spiro atoms. The third-order valence-electron chi connectivity index (χ3n) is 3.26. The molecule has 98 valence electrons. The summed E-state index contributed by atoms with van der Waals surface area (Å²) in [6.07, 6.45) is 4.73. The number of nitrogens with zero attached hydrogens (tertiary/aromatic N) is 1. The molecule has 0 radical (unpaired) electrons. The SMILES string of the molecule is COCCn1cc(NC(=O)C2CCC2)ccc1=O. The second kappa shape index (κ2) is 5.82. The molecule has 5 heteroatoms. The number of hydrogen-bond donors (Lipinski definition) is 1. The molecule has 1 saturated carbocycles. The Morgan fingerprint density at radius 3 is 2.89 bits per heavy atom. The first kappa shape index (κ1) is 12.8. The summed E-state index contributed by atoms with van der Waals surface area (Å²) in [6.45, 7) is 0.961. The maximum atomic E-state index is 11.8. The fourth-order valence-electron chi connectivity index (χ4n) is 1.88. The first-order valence-electron chi connectivity index (χ1n) is 6.21. The number of amides is 1. The Kier molecular flexibility index (Phi) is 4.15. The fraction of sp³-hybridized carbons (Fsp3) is 0.538. The van der Waals surface area contributed by atoms with Crippen LogP contribution >= 0.6 is 0 Å². The lowest BCUT2D eigenvalue weighted by atomic mass is 9.85. The van der Waals surface area contributed by atoms with Crippen molar-refractivity contribution in [2.75, 3.05) is 19.0 Å². The van der Waals surface area contributed by atoms with Crippen molar-refractivity contribution in [3.05, 3.63) is 28.7 Å². The third-order valence-corrected chi connectivity index (χ3v) is 3.26. The van der Waals surface area contributed by atoms with E-state index in [4.69, 9.17) is 4.74 Å². The Morgan fingerprint density at radius 1 is 1.50 bits per heavy atom. The van der Waals surface area contributed by atoms with E-state index >= 15 is 0 Å². The van der Waals surface area contributed by atoms with Crippen LogP contribution in [-0.2, 0) is 16.1 Å². The summed E-state index contributed by atoms with van der Waals surface area (Å²) in [7, 11) is 1.59. The van der Waals surface area contributed by atoms with Crippen molar-refractivity contribution in [2.24, 2.45) is 5.92 Å². The van der Waals surface area contributed by atoms with E-state index in [0.717, 1.165) is 19.3 Å². The smallest absolute Gasteiger partial charge is 0.250 e. The molecule has 1 aromatic heterocycles. The molecule has 0 aliphatic heterocycles. The van der Waals surface area contributed by atoms with E-state index in [2.05, 4.69) is 5.32 Å². The molecule has 2 rings (SSSR count). The van der Waals surface area contributed by atoms with E-state index < -0.39 is 0 Å². The van der Waals surface area contributed by atoms with Gasteiger partial charge in [-0.3, -0.25) is 9.59 Å². The van der Waals surface area contributed by atoms with Crippen LogP contribution in [0.15, 0.2) is 23.1 Å². The van der Waals surface area contributed by atoms with Crippen LogP contribution in [0.2, 0.25) is 0 Å². The van der Waals surface area contributed by atoms with Gasteiger partial charge in [-0.1, -0.05) is 6.42 Å². The van der Waals surface area contributed by atoms with E-state index in [0.29, 0.717) is 18.8 Å². The second-order valence-electron chi connectivity index (χ2n) is 4.56. The van der Waals surface area contributed by atoms with Gasteiger partial charge in [-0.15, -0.1) is 0 Å². The number of ether oxygens (including phenoxy) is 1. The molecule has 5 nitrogen and oxygen atoms in total. The van der Waals surface area contributed by atoms with Crippen LogP contribution in [0.5, 0.6) is 0 Å². The lowest BCUT2D eigenvalue weighted by Gasteiger charge is -2.24. The van der Waals surface area contributed by atoms with Crippen LogP contribution in [0, 0.1) is 5.92 Å². The molecule has 1 heterocycles. The zero-order chi connectivity index (χ0) is 13.0. The Bertz CT molecular complexity index is 477. The number of methoxy groups -OCH3 is 1. The summed E-state index contributed by atoms with van der Waals surface area (Å²) in [6, 6.07) is 3.11. The lowest BCUT2D eigenvalue weighted by molar-refractivity contribution is -0.122. The maximum absolute atomic E-state index is 11.8. The van der Waals surface area contributed by atoms with Crippen molar-refractivity contribution in [2.45, 2.75) is 25.8 Å². The predicted molar refractivity (Wildman–Crippen MR) is 68.5 cm³/mol. The fourth-order valence-corrected chi connectivity index (χ4v) is 1.88. The van der Waals surface area contributed by atoms with Crippen LogP contribution < -0.4 is 10.9 Å². The van der Waals surface area contributed by atoms with Gasteiger partial charge in [-0.05, 0) is 18.9 Å². The highest BCUT2D eigenvalue weighted by Gasteiger charge is 2.25. The lowest BCUT2D eigenvalue weighted by Crippen LogP contribution is -2.29. The Balaban J connectivity index is 2.03. The topological polar surface area (TPSA) is 60.3 Å². The van der Waals surface area contributed by atoms with Crippen molar-refractivity contribution < 1.29 is 9.53 Å². The Morgan fingerprint density at radius 2 is 2.28 bits per heavy atom. The molecule has 0 saturated heterocycles. The van der Waals surface area contributed by atoms with Crippen molar-refractivity contribution in [1.82, 2.24) is 4.57 Å². The molecule has 1 amide bonds. The number of carbonyl (C=O) groups excluding carboxylic acids is 1. The van der Waals surface area contributed by atoms with Crippen LogP contribution in [-0.4, -0.2) is 24.2 Å². The first-order valence-corrected chi connectivity index (χ1v) is 6.21. The number of rotatable bonds is 5. The summed E-state index contributed by atoms with van der Waals surface area (Å²) in [5.74, 6) is 0.197. The van der Waals surface area contributed by atoms with Gasteiger partial charge in [0.15, 0.2) is 0 Å². The number of nitrogens with one attached hydrogen (secondary N) is 1. The van der Waals surface area contributed by atoms with Gasteiger partial charge >= 0.3 is 0 Å². The van der Waals surface area contributed by atoms with Crippen LogP contribution in [0.3, 0.4) is 0 Å². The monoisotopic (exact) mass is 250 g/mol. The van der Waals surface area contributed by atoms with E-state index in [1.54, 1.807) is 23.9 Å². The molecular weight excluding hydrogens is 232 g/mol. The van der Waals surface area contributed by atoms with Gasteiger partial charge < -0.3 is 14.6 Å². The Hall–Kier alpha value is -1.62. The van der Waals surface area contributed by atoms with Crippen LogP contribution in [0.25, 0.3) is 0 Å². The summed E-state index contributed by atoms with van der Waals surface area (Å²) in [5, 5.41) is 2.85. The van der Waals surface area contributed by atoms with Crippen molar-refractivity contribution >= 4 is 11.6 Å². The van der Waals surface area contributed by atoms with Gasteiger partial charge in [-0.2, -0.15) is 0 Å². The van der Waals surface area contributed by atoms with E-state index in [1.165, 1.54) is 6.07 Å². The van der Waals surface area contributed by atoms with E-state index in [-0.39, 0.29) is 17.4 Å². The molecule has 0 aromatic carbocycles. The zero-order valence-electron chi connectivity index (χ0n) is 10.5. The number of carbonyl (C=O) groups is 1. The Labute approximate surface area is 106 Å². The molecule has 0 atom stereocenters. The highest BCUT2D eigenvalue weighted by Crippen LogP contribution is 2.27. The van der Waals surface area contributed by atoms with Gasteiger partial charge in [0.05, 0.1) is 12.3 Å². The molecule has 1 aliphatic rings. The highest BCUT2D eigenvalue weighted by atomic mass is 16.5. The maximum Gasteiger partial charge on any atom is 0.250 e. The molecular formula is C13H18N2O3. The van der Waals surface area contributed by atoms with Gasteiger partial charge in [-0.25, -0.2) is 0 Å². The summed E-state index contributed by atoms with van der Waals surface area (Å²) < 4.78 is 6.48. The molecule has 18 heavy (non-hydrogen) atoms. The second-order valence-corrected chi connectivity index (χ2v) is 4.56. The highest BCUT2D eigenvalue weighted by molar-refractivity contribution is 5.92. The number of anilines is 1. The van der Waals surface area contributed by atoms with Crippen LogP contribution in [0.4, 0.5) is 5.69 Å². The molecule has 1 aliphatic carbocycles. The molecule has 0 unspecified atom stereocenters.